The van der Waals surface area contributed by atoms with Crippen molar-refractivity contribution in [2.24, 2.45) is 7.05 Å². The summed E-state index contributed by atoms with van der Waals surface area (Å²) in [5, 5.41) is 4.06. The molecule has 0 bridgehead atoms. The van der Waals surface area contributed by atoms with Gasteiger partial charge in [0.05, 0.1) is 17.4 Å². The molecule has 2 aromatic rings. The van der Waals surface area contributed by atoms with Gasteiger partial charge in [-0.15, -0.1) is 0 Å². The van der Waals surface area contributed by atoms with Crippen LogP contribution < -0.4 is 0 Å². The Hall–Kier alpha value is -1.70. The fourth-order valence-electron chi connectivity index (χ4n) is 3.65. The fraction of sp³-hybridized carbons (Fsp3) is 0.471. The molecule has 0 unspecified atom stereocenters. The van der Waals surface area contributed by atoms with E-state index in [-0.39, 0.29) is 5.54 Å². The van der Waals surface area contributed by atoms with Crippen molar-refractivity contribution >= 4 is 10.0 Å². The SMILES string of the molecule is Cc1c(S(=O)(=O)N2CC3(CCN3Cc3ccccc3)C2)cnn1C. The first-order valence-corrected chi connectivity index (χ1v) is 9.64. The zero-order valence-electron chi connectivity index (χ0n) is 14.0. The Morgan fingerprint density at radius 3 is 2.46 bits per heavy atom. The molecule has 2 aliphatic heterocycles. The van der Waals surface area contributed by atoms with Gasteiger partial charge in [-0.1, -0.05) is 30.3 Å². The Morgan fingerprint density at radius 2 is 1.92 bits per heavy atom. The molecule has 24 heavy (non-hydrogen) atoms. The smallest absolute Gasteiger partial charge is 0.246 e. The van der Waals surface area contributed by atoms with Gasteiger partial charge >= 0.3 is 0 Å². The predicted molar refractivity (Wildman–Crippen MR) is 90.9 cm³/mol. The van der Waals surface area contributed by atoms with Gasteiger partial charge in [0.15, 0.2) is 0 Å². The topological polar surface area (TPSA) is 58.4 Å². The van der Waals surface area contributed by atoms with Crippen LogP contribution in [0.3, 0.4) is 0 Å². The maximum absolute atomic E-state index is 12.8. The van der Waals surface area contributed by atoms with Gasteiger partial charge in [-0.25, -0.2) is 8.42 Å². The number of aromatic nitrogens is 2. The van der Waals surface area contributed by atoms with Crippen molar-refractivity contribution in [1.82, 2.24) is 19.0 Å². The molecule has 0 aliphatic carbocycles. The first-order valence-electron chi connectivity index (χ1n) is 8.20. The van der Waals surface area contributed by atoms with E-state index in [1.165, 1.54) is 11.8 Å². The van der Waals surface area contributed by atoms with Gasteiger partial charge in [0, 0.05) is 33.2 Å². The Kier molecular flexibility index (Phi) is 3.56. The summed E-state index contributed by atoms with van der Waals surface area (Å²) in [7, 11) is -1.67. The average molecular weight is 346 g/mol. The van der Waals surface area contributed by atoms with Gasteiger partial charge in [0.2, 0.25) is 10.0 Å². The minimum Gasteiger partial charge on any atom is -0.291 e. The van der Waals surface area contributed by atoms with Crippen molar-refractivity contribution in [3.05, 3.63) is 47.8 Å². The number of hydrogen-bond donors (Lipinski definition) is 0. The third kappa shape index (κ3) is 2.30. The molecule has 1 aromatic carbocycles. The monoisotopic (exact) mass is 346 g/mol. The van der Waals surface area contributed by atoms with E-state index in [1.54, 1.807) is 23.0 Å². The second-order valence-corrected chi connectivity index (χ2v) is 8.78. The normalized spacial score (nSPS) is 20.8. The molecule has 3 heterocycles. The van der Waals surface area contributed by atoms with Crippen LogP contribution in [0.2, 0.25) is 0 Å². The van der Waals surface area contributed by atoms with Gasteiger partial charge in [0.1, 0.15) is 4.90 Å². The predicted octanol–water partition coefficient (Wildman–Crippen LogP) is 1.38. The molecule has 0 radical (unpaired) electrons. The highest BCUT2D eigenvalue weighted by Gasteiger charge is 2.56. The van der Waals surface area contributed by atoms with Crippen LogP contribution in [0.15, 0.2) is 41.4 Å². The Morgan fingerprint density at radius 1 is 1.21 bits per heavy atom. The molecule has 128 valence electrons. The van der Waals surface area contributed by atoms with Crippen molar-refractivity contribution in [2.75, 3.05) is 19.6 Å². The molecule has 7 heteroatoms. The van der Waals surface area contributed by atoms with Crippen LogP contribution in [0.5, 0.6) is 0 Å². The molecule has 2 fully saturated rings. The third-order valence-corrected chi connectivity index (χ3v) is 7.38. The maximum Gasteiger partial charge on any atom is 0.246 e. The van der Waals surface area contributed by atoms with Gasteiger partial charge in [-0.3, -0.25) is 9.58 Å². The quantitative estimate of drug-likeness (QED) is 0.839. The average Bonchev–Trinajstić information content (AvgIpc) is 2.84. The lowest BCUT2D eigenvalue weighted by molar-refractivity contribution is -0.0971. The summed E-state index contributed by atoms with van der Waals surface area (Å²) in [6, 6.07) is 10.4. The summed E-state index contributed by atoms with van der Waals surface area (Å²) in [6.45, 7) is 4.88. The van der Waals surface area contributed by atoms with Crippen LogP contribution in [-0.4, -0.2) is 52.6 Å². The number of hydrogen-bond acceptors (Lipinski definition) is 4. The standard InChI is InChI=1S/C17H22N4O2S/c1-14-16(10-18-19(14)2)24(22,23)21-12-17(13-21)8-9-20(17)11-15-6-4-3-5-7-15/h3-7,10H,8-9,11-13H2,1-2H3. The summed E-state index contributed by atoms with van der Waals surface area (Å²) in [4.78, 5) is 2.73. The number of aryl methyl sites for hydroxylation is 1. The summed E-state index contributed by atoms with van der Waals surface area (Å²) in [6.07, 6.45) is 2.52. The Bertz CT molecular complexity index is 854. The number of likely N-dealkylation sites (tertiary alicyclic amines) is 1. The Balaban J connectivity index is 1.47. The van der Waals surface area contributed by atoms with Crippen LogP contribution in [0.4, 0.5) is 0 Å². The van der Waals surface area contributed by atoms with Crippen molar-refractivity contribution in [3.63, 3.8) is 0 Å². The highest BCUT2D eigenvalue weighted by Crippen LogP contribution is 2.42. The molecule has 1 spiro atoms. The van der Waals surface area contributed by atoms with Crippen LogP contribution in [0, 0.1) is 6.92 Å². The second kappa shape index (κ2) is 5.40. The highest BCUT2D eigenvalue weighted by atomic mass is 32.2. The number of sulfonamides is 1. The van der Waals surface area contributed by atoms with Crippen molar-refractivity contribution < 1.29 is 8.42 Å². The molecular weight excluding hydrogens is 324 g/mol. The van der Waals surface area contributed by atoms with Crippen LogP contribution >= 0.6 is 0 Å². The minimum atomic E-state index is -3.43. The van der Waals surface area contributed by atoms with Crippen molar-refractivity contribution in [2.45, 2.75) is 30.3 Å². The molecule has 1 aromatic heterocycles. The van der Waals surface area contributed by atoms with Gasteiger partial charge in [-0.2, -0.15) is 9.40 Å². The maximum atomic E-state index is 12.8. The minimum absolute atomic E-state index is 0.0268. The van der Waals surface area contributed by atoms with Crippen LogP contribution in [0.1, 0.15) is 17.7 Å². The lowest BCUT2D eigenvalue weighted by Crippen LogP contribution is -2.76. The summed E-state index contributed by atoms with van der Waals surface area (Å²) >= 11 is 0. The first-order chi connectivity index (χ1) is 11.4. The molecule has 0 saturated carbocycles. The second-order valence-electron chi connectivity index (χ2n) is 6.87. The number of benzene rings is 1. The largest absolute Gasteiger partial charge is 0.291 e. The zero-order valence-corrected chi connectivity index (χ0v) is 14.8. The molecule has 2 saturated heterocycles. The van der Waals surface area contributed by atoms with Gasteiger partial charge in [0.25, 0.3) is 0 Å². The van der Waals surface area contributed by atoms with E-state index in [2.05, 4.69) is 22.1 Å². The number of nitrogens with zero attached hydrogens (tertiary/aromatic N) is 4. The number of rotatable bonds is 4. The Labute approximate surface area is 142 Å². The van der Waals surface area contributed by atoms with Gasteiger partial charge < -0.3 is 0 Å². The molecule has 4 rings (SSSR count). The van der Waals surface area contributed by atoms with E-state index in [9.17, 15) is 8.42 Å². The molecule has 2 aliphatic rings. The van der Waals surface area contributed by atoms with E-state index in [4.69, 9.17) is 0 Å². The fourth-order valence-corrected chi connectivity index (χ4v) is 5.43. The van der Waals surface area contributed by atoms with Crippen LogP contribution in [0.25, 0.3) is 0 Å². The van der Waals surface area contributed by atoms with E-state index >= 15 is 0 Å². The lowest BCUT2D eigenvalue weighted by Gasteiger charge is -2.62. The van der Waals surface area contributed by atoms with E-state index in [0.717, 1.165) is 19.5 Å². The molecule has 0 N–H and O–H groups in total. The summed E-state index contributed by atoms with van der Waals surface area (Å²) in [5.74, 6) is 0. The first kappa shape index (κ1) is 15.8. The van der Waals surface area contributed by atoms with E-state index < -0.39 is 10.0 Å². The van der Waals surface area contributed by atoms with Crippen LogP contribution in [-0.2, 0) is 23.6 Å². The van der Waals surface area contributed by atoms with Crippen molar-refractivity contribution in [3.8, 4) is 0 Å². The van der Waals surface area contributed by atoms with Crippen molar-refractivity contribution in [1.29, 1.82) is 0 Å². The molecule has 0 amide bonds. The van der Waals surface area contributed by atoms with Gasteiger partial charge in [-0.05, 0) is 18.9 Å². The summed E-state index contributed by atoms with van der Waals surface area (Å²) < 4.78 is 28.8. The third-order valence-electron chi connectivity index (χ3n) is 5.48. The van der Waals surface area contributed by atoms with E-state index in [0.29, 0.717) is 23.7 Å². The molecule has 0 atom stereocenters. The highest BCUT2D eigenvalue weighted by molar-refractivity contribution is 7.89. The molecule has 6 nitrogen and oxygen atoms in total. The summed E-state index contributed by atoms with van der Waals surface area (Å²) in [5.41, 5.74) is 1.99. The lowest BCUT2D eigenvalue weighted by atomic mass is 9.79. The van der Waals surface area contributed by atoms with E-state index in [1.807, 2.05) is 18.2 Å². The zero-order chi connectivity index (χ0) is 16.9. The molecular formula is C17H22N4O2S.